The van der Waals surface area contributed by atoms with E-state index >= 15 is 0 Å². The summed E-state index contributed by atoms with van der Waals surface area (Å²) in [6.45, 7) is 0. The van der Waals surface area contributed by atoms with Crippen molar-refractivity contribution in [3.05, 3.63) is 34.3 Å². The molecule has 0 aromatic heterocycles. The minimum atomic E-state index is -4.64. The minimum Gasteiger partial charge on any atom is -0.212 e. The van der Waals surface area contributed by atoms with E-state index < -0.39 is 32.1 Å². The first-order valence-electron chi connectivity index (χ1n) is 3.87. The Morgan fingerprint density at radius 2 is 1.81 bits per heavy atom. The molecule has 0 aliphatic heterocycles. The van der Waals surface area contributed by atoms with Crippen molar-refractivity contribution in [3.8, 4) is 0 Å². The zero-order valence-electron chi connectivity index (χ0n) is 7.55. The third-order valence-electron chi connectivity index (χ3n) is 1.70. The number of halogens is 5. The third-order valence-corrected chi connectivity index (χ3v) is 2.92. The van der Waals surface area contributed by atoms with Crippen LogP contribution in [0.25, 0.3) is 0 Å². The van der Waals surface area contributed by atoms with Crippen molar-refractivity contribution in [1.29, 1.82) is 0 Å². The van der Waals surface area contributed by atoms with Crippen LogP contribution in [0.4, 0.5) is 13.2 Å². The van der Waals surface area contributed by atoms with Gasteiger partial charge in [-0.15, -0.1) is 0 Å². The van der Waals surface area contributed by atoms with Gasteiger partial charge in [0.1, 0.15) is 0 Å². The quantitative estimate of drug-likeness (QED) is 0.783. The highest BCUT2D eigenvalue weighted by Gasteiger charge is 2.34. The fourth-order valence-corrected chi connectivity index (χ4v) is 2.30. The van der Waals surface area contributed by atoms with E-state index in [1.807, 2.05) is 0 Å². The molecule has 0 fully saturated rings. The largest absolute Gasteiger partial charge is 0.416 e. The third kappa shape index (κ3) is 3.84. The van der Waals surface area contributed by atoms with Crippen LogP contribution in [0, 0.1) is 0 Å². The van der Waals surface area contributed by atoms with Gasteiger partial charge in [-0.3, -0.25) is 0 Å². The zero-order valence-corrected chi connectivity index (χ0v) is 9.88. The van der Waals surface area contributed by atoms with E-state index in [2.05, 4.69) is 0 Å². The van der Waals surface area contributed by atoms with Gasteiger partial charge < -0.3 is 0 Å². The van der Waals surface area contributed by atoms with E-state index in [0.717, 1.165) is 18.2 Å². The number of alkyl halides is 3. The molecule has 8 heteroatoms. The van der Waals surface area contributed by atoms with Gasteiger partial charge in [0.25, 0.3) is 0 Å². The first-order valence-corrected chi connectivity index (χ1v) is 6.73. The fraction of sp³-hybridized carbons (Fsp3) is 0.250. The monoisotopic (exact) mass is 292 g/mol. The average Bonchev–Trinajstić information content (AvgIpc) is 1.97. The van der Waals surface area contributed by atoms with Crippen molar-refractivity contribution in [2.75, 3.05) is 0 Å². The summed E-state index contributed by atoms with van der Waals surface area (Å²) in [6, 6.07) is 2.69. The molecule has 0 atom stereocenters. The number of hydrogen-bond donors (Lipinski definition) is 0. The standard InChI is InChI=1S/C8H5Cl2F3O2S/c9-6-1-2-7(8(11,12)13)5(3-6)4-16(10,14)15/h1-3H,4H2. The van der Waals surface area contributed by atoms with Crippen LogP contribution in [0.1, 0.15) is 11.1 Å². The average molecular weight is 293 g/mol. The van der Waals surface area contributed by atoms with Gasteiger partial charge in [-0.1, -0.05) is 11.6 Å². The summed E-state index contributed by atoms with van der Waals surface area (Å²) in [6.07, 6.45) is -4.64. The Kier molecular flexibility index (Phi) is 3.76. The van der Waals surface area contributed by atoms with E-state index in [4.69, 9.17) is 22.3 Å². The highest BCUT2D eigenvalue weighted by Crippen LogP contribution is 2.34. The molecule has 0 amide bonds. The van der Waals surface area contributed by atoms with E-state index in [9.17, 15) is 21.6 Å². The second kappa shape index (κ2) is 4.43. The van der Waals surface area contributed by atoms with Gasteiger partial charge in [-0.2, -0.15) is 13.2 Å². The molecule has 2 nitrogen and oxygen atoms in total. The first-order chi connectivity index (χ1) is 7.09. The fourth-order valence-electron chi connectivity index (χ4n) is 1.14. The maximum Gasteiger partial charge on any atom is 0.416 e. The lowest BCUT2D eigenvalue weighted by Gasteiger charge is -2.11. The predicted molar refractivity (Wildman–Crippen MR) is 54.9 cm³/mol. The molecule has 1 aromatic rings. The number of rotatable bonds is 2. The molecule has 90 valence electrons. The molecule has 0 unspecified atom stereocenters. The van der Waals surface area contributed by atoms with Gasteiger partial charge in [-0.05, 0) is 23.8 Å². The second-order valence-corrected chi connectivity index (χ2v) is 6.20. The second-order valence-electron chi connectivity index (χ2n) is 2.98. The van der Waals surface area contributed by atoms with Crippen LogP contribution < -0.4 is 0 Å². The highest BCUT2D eigenvalue weighted by molar-refractivity contribution is 8.13. The maximum absolute atomic E-state index is 12.5. The van der Waals surface area contributed by atoms with Crippen molar-refractivity contribution in [2.45, 2.75) is 11.9 Å². The summed E-state index contributed by atoms with van der Waals surface area (Å²) >= 11 is 5.49. The molecule has 1 aromatic carbocycles. The molecule has 16 heavy (non-hydrogen) atoms. The highest BCUT2D eigenvalue weighted by atomic mass is 35.7. The van der Waals surface area contributed by atoms with E-state index in [1.165, 1.54) is 0 Å². The summed E-state index contributed by atoms with van der Waals surface area (Å²) in [5.74, 6) is -0.913. The van der Waals surface area contributed by atoms with Gasteiger partial charge in [0.05, 0.1) is 11.3 Å². The summed E-state index contributed by atoms with van der Waals surface area (Å²) < 4.78 is 58.9. The van der Waals surface area contributed by atoms with Crippen LogP contribution in [0.3, 0.4) is 0 Å². The molecular formula is C8H5Cl2F3O2S. The van der Waals surface area contributed by atoms with Gasteiger partial charge in [0.15, 0.2) is 0 Å². The molecule has 0 spiro atoms. The van der Waals surface area contributed by atoms with E-state index in [-0.39, 0.29) is 5.02 Å². The minimum absolute atomic E-state index is 0.0170. The van der Waals surface area contributed by atoms with Gasteiger partial charge in [0, 0.05) is 15.7 Å². The molecule has 0 bridgehead atoms. The summed E-state index contributed by atoms with van der Waals surface area (Å²) in [5, 5.41) is 0.0170. The van der Waals surface area contributed by atoms with E-state index in [1.54, 1.807) is 0 Å². The first kappa shape index (κ1) is 13.6. The molecule has 0 aliphatic carbocycles. The molecule has 0 saturated heterocycles. The lowest BCUT2D eigenvalue weighted by molar-refractivity contribution is -0.138. The predicted octanol–water partition coefficient (Wildman–Crippen LogP) is 3.43. The lowest BCUT2D eigenvalue weighted by atomic mass is 10.1. The van der Waals surface area contributed by atoms with Crippen LogP contribution in [0.5, 0.6) is 0 Å². The molecule has 0 aliphatic rings. The maximum atomic E-state index is 12.5. The van der Waals surface area contributed by atoms with E-state index in [0.29, 0.717) is 0 Å². The van der Waals surface area contributed by atoms with Crippen molar-refractivity contribution in [3.63, 3.8) is 0 Å². The molecule has 0 heterocycles. The van der Waals surface area contributed by atoms with Crippen molar-refractivity contribution >= 4 is 31.3 Å². The van der Waals surface area contributed by atoms with Crippen LogP contribution in [-0.2, 0) is 21.0 Å². The van der Waals surface area contributed by atoms with Crippen molar-refractivity contribution in [2.24, 2.45) is 0 Å². The Bertz CT molecular complexity index is 496. The van der Waals surface area contributed by atoms with Crippen LogP contribution >= 0.6 is 22.3 Å². The van der Waals surface area contributed by atoms with Crippen LogP contribution in [-0.4, -0.2) is 8.42 Å². The summed E-state index contributed by atoms with van der Waals surface area (Å²) in [5.41, 5.74) is -1.52. The molecule has 1 rings (SSSR count). The molecule has 0 radical (unpaired) electrons. The van der Waals surface area contributed by atoms with Crippen molar-refractivity contribution < 1.29 is 21.6 Å². The van der Waals surface area contributed by atoms with Gasteiger partial charge in [-0.25, -0.2) is 8.42 Å². The van der Waals surface area contributed by atoms with Gasteiger partial charge >= 0.3 is 6.18 Å². The molecule has 0 N–H and O–H groups in total. The Morgan fingerprint density at radius 1 is 1.25 bits per heavy atom. The lowest BCUT2D eigenvalue weighted by Crippen LogP contribution is -2.10. The molecular weight excluding hydrogens is 288 g/mol. The normalized spacial score (nSPS) is 12.8. The number of hydrogen-bond acceptors (Lipinski definition) is 2. The van der Waals surface area contributed by atoms with Gasteiger partial charge in [0.2, 0.25) is 9.05 Å². The topological polar surface area (TPSA) is 34.1 Å². The summed E-state index contributed by atoms with van der Waals surface area (Å²) in [7, 11) is 0.841. The Morgan fingerprint density at radius 3 is 2.25 bits per heavy atom. The Labute approximate surface area is 99.4 Å². The zero-order chi connectivity index (χ0) is 12.6. The number of benzene rings is 1. The van der Waals surface area contributed by atoms with Crippen molar-refractivity contribution in [1.82, 2.24) is 0 Å². The molecule has 0 saturated carbocycles. The van der Waals surface area contributed by atoms with Crippen LogP contribution in [0.2, 0.25) is 5.02 Å². The summed E-state index contributed by atoms with van der Waals surface area (Å²) in [4.78, 5) is 0. The Balaban J connectivity index is 3.30. The smallest absolute Gasteiger partial charge is 0.212 e. The SMILES string of the molecule is O=S(=O)(Cl)Cc1cc(Cl)ccc1C(F)(F)F. The van der Waals surface area contributed by atoms with Crippen LogP contribution in [0.15, 0.2) is 18.2 Å². The Hall–Kier alpha value is -0.460.